The summed E-state index contributed by atoms with van der Waals surface area (Å²) >= 11 is 0. The number of carbonyl (C=O) groups excluding carboxylic acids is 2. The van der Waals surface area contributed by atoms with Gasteiger partial charge in [0.2, 0.25) is 0 Å². The van der Waals surface area contributed by atoms with Crippen molar-refractivity contribution in [2.45, 2.75) is 13.8 Å². The van der Waals surface area contributed by atoms with Crippen molar-refractivity contribution in [3.63, 3.8) is 0 Å². The molecule has 170 valence electrons. The number of piperazine rings is 1. The Balaban J connectivity index is 1.53. The van der Waals surface area contributed by atoms with E-state index in [9.17, 15) is 23.9 Å². The first-order valence-corrected chi connectivity index (χ1v) is 10.5. The van der Waals surface area contributed by atoms with Crippen LogP contribution in [0.5, 0.6) is 0 Å². The molecule has 0 atom stereocenters. The summed E-state index contributed by atoms with van der Waals surface area (Å²) in [4.78, 5) is 44.5. The Morgan fingerprint density at radius 1 is 0.848 bits per heavy atom. The maximum Gasteiger partial charge on any atom is 0.337 e. The van der Waals surface area contributed by atoms with E-state index in [4.69, 9.17) is 0 Å². The third-order valence-electron chi connectivity index (χ3n) is 5.79. The summed E-state index contributed by atoms with van der Waals surface area (Å²) in [7, 11) is 0. The lowest BCUT2D eigenvalue weighted by Crippen LogP contribution is -2.50. The molecule has 2 amide bonds. The minimum absolute atomic E-state index is 0.105. The van der Waals surface area contributed by atoms with Gasteiger partial charge in [-0.15, -0.1) is 0 Å². The molecule has 3 heterocycles. The van der Waals surface area contributed by atoms with E-state index in [1.807, 2.05) is 30.5 Å². The molecule has 33 heavy (non-hydrogen) atoms. The van der Waals surface area contributed by atoms with E-state index in [0.717, 1.165) is 23.7 Å². The number of pyridine rings is 1. The van der Waals surface area contributed by atoms with Gasteiger partial charge in [0.1, 0.15) is 5.82 Å². The highest BCUT2D eigenvalue weighted by Crippen LogP contribution is 2.23. The van der Waals surface area contributed by atoms with Crippen LogP contribution < -0.4 is 0 Å². The van der Waals surface area contributed by atoms with Gasteiger partial charge in [0, 0.05) is 49.3 Å². The van der Waals surface area contributed by atoms with Gasteiger partial charge in [0.15, 0.2) is 0 Å². The molecule has 1 saturated heterocycles. The molecule has 8 nitrogen and oxygen atoms in total. The number of carbonyl (C=O) groups is 3. The molecule has 1 aliphatic heterocycles. The lowest BCUT2D eigenvalue weighted by atomic mass is 10.1. The Labute approximate surface area is 189 Å². The molecule has 1 fully saturated rings. The van der Waals surface area contributed by atoms with Crippen molar-refractivity contribution in [2.75, 3.05) is 26.2 Å². The van der Waals surface area contributed by atoms with Gasteiger partial charge in [-0.05, 0) is 50.2 Å². The Kier molecular flexibility index (Phi) is 5.95. The number of aryl methyl sites for hydroxylation is 2. The number of aromatic nitrogens is 2. The number of hydrogen-bond acceptors (Lipinski definition) is 4. The normalized spacial score (nSPS) is 13.8. The van der Waals surface area contributed by atoms with Crippen LogP contribution in [0.2, 0.25) is 0 Å². The molecule has 1 aliphatic rings. The highest BCUT2D eigenvalue weighted by atomic mass is 19.1. The number of halogens is 1. The number of hydrogen-bond donors (Lipinski definition) is 1. The lowest BCUT2D eigenvalue weighted by Gasteiger charge is -2.35. The number of aromatic carboxylic acids is 1. The second-order valence-electron chi connectivity index (χ2n) is 7.96. The van der Waals surface area contributed by atoms with Crippen LogP contribution in [0.4, 0.5) is 4.39 Å². The van der Waals surface area contributed by atoms with Crippen LogP contribution in [-0.2, 0) is 0 Å². The molecule has 2 aromatic heterocycles. The summed E-state index contributed by atoms with van der Waals surface area (Å²) in [6.07, 6.45) is 2.35. The van der Waals surface area contributed by atoms with E-state index >= 15 is 0 Å². The van der Waals surface area contributed by atoms with Crippen molar-refractivity contribution in [1.29, 1.82) is 0 Å². The Bertz CT molecular complexity index is 1230. The second kappa shape index (κ2) is 8.85. The topological polar surface area (TPSA) is 95.7 Å². The average Bonchev–Trinajstić information content (AvgIpc) is 3.15. The van der Waals surface area contributed by atoms with Crippen LogP contribution >= 0.6 is 0 Å². The average molecular weight is 450 g/mol. The van der Waals surface area contributed by atoms with Crippen LogP contribution in [0.15, 0.2) is 48.8 Å². The van der Waals surface area contributed by atoms with Crippen LogP contribution in [0, 0.1) is 19.7 Å². The molecule has 0 spiro atoms. The molecular formula is C24H23FN4O4. The molecule has 1 aromatic carbocycles. The molecule has 1 N–H and O–H groups in total. The Hall–Kier alpha value is -4.01. The van der Waals surface area contributed by atoms with E-state index in [0.29, 0.717) is 37.4 Å². The number of nitrogens with zero attached hydrogens (tertiary/aromatic N) is 4. The van der Waals surface area contributed by atoms with E-state index in [2.05, 4.69) is 4.98 Å². The Morgan fingerprint density at radius 2 is 1.42 bits per heavy atom. The number of carboxylic acid groups (broad SMARTS) is 1. The predicted molar refractivity (Wildman–Crippen MR) is 118 cm³/mol. The molecular weight excluding hydrogens is 427 g/mol. The van der Waals surface area contributed by atoms with E-state index in [-0.39, 0.29) is 22.9 Å². The van der Waals surface area contributed by atoms with Crippen LogP contribution in [0.1, 0.15) is 42.5 Å². The maximum atomic E-state index is 13.4. The highest BCUT2D eigenvalue weighted by molar-refractivity contribution is 5.99. The third-order valence-corrected chi connectivity index (χ3v) is 5.79. The zero-order valence-corrected chi connectivity index (χ0v) is 18.3. The number of rotatable bonds is 4. The SMILES string of the molecule is Cc1ccc(C)n1-c1cc(C(=O)N2CCN(C(=O)c3cncc(F)c3)CC2)ccc1C(=O)O. The van der Waals surface area contributed by atoms with Gasteiger partial charge in [-0.2, -0.15) is 0 Å². The van der Waals surface area contributed by atoms with Crippen molar-refractivity contribution >= 4 is 17.8 Å². The first kappa shape index (κ1) is 22.2. The summed E-state index contributed by atoms with van der Waals surface area (Å²) < 4.78 is 15.2. The van der Waals surface area contributed by atoms with E-state index < -0.39 is 11.8 Å². The van der Waals surface area contributed by atoms with E-state index in [1.54, 1.807) is 15.9 Å². The fraction of sp³-hybridized carbons (Fsp3) is 0.250. The fourth-order valence-corrected chi connectivity index (χ4v) is 4.09. The fourth-order valence-electron chi connectivity index (χ4n) is 4.09. The van der Waals surface area contributed by atoms with Crippen molar-refractivity contribution in [2.24, 2.45) is 0 Å². The van der Waals surface area contributed by atoms with Gasteiger partial charge < -0.3 is 19.5 Å². The lowest BCUT2D eigenvalue weighted by molar-refractivity contribution is 0.0535. The zero-order chi connectivity index (χ0) is 23.7. The van der Waals surface area contributed by atoms with Crippen LogP contribution in [-0.4, -0.2) is 68.4 Å². The molecule has 4 rings (SSSR count). The van der Waals surface area contributed by atoms with Gasteiger partial charge in [0.05, 0.1) is 23.0 Å². The van der Waals surface area contributed by atoms with Gasteiger partial charge in [0.25, 0.3) is 11.8 Å². The maximum absolute atomic E-state index is 13.4. The number of amides is 2. The first-order chi connectivity index (χ1) is 15.8. The largest absolute Gasteiger partial charge is 0.478 e. The van der Waals surface area contributed by atoms with Crippen LogP contribution in [0.25, 0.3) is 5.69 Å². The Morgan fingerprint density at radius 3 is 1.97 bits per heavy atom. The van der Waals surface area contributed by atoms with Gasteiger partial charge >= 0.3 is 5.97 Å². The van der Waals surface area contributed by atoms with Crippen molar-refractivity contribution < 1.29 is 23.9 Å². The smallest absolute Gasteiger partial charge is 0.337 e. The minimum Gasteiger partial charge on any atom is -0.478 e. The molecule has 0 radical (unpaired) electrons. The molecule has 0 saturated carbocycles. The third kappa shape index (κ3) is 4.34. The molecule has 0 bridgehead atoms. The number of carboxylic acids is 1. The highest BCUT2D eigenvalue weighted by Gasteiger charge is 2.27. The summed E-state index contributed by atoms with van der Waals surface area (Å²) in [6.45, 7) is 4.97. The van der Waals surface area contributed by atoms with Gasteiger partial charge in [-0.3, -0.25) is 14.6 Å². The number of benzene rings is 1. The summed E-state index contributed by atoms with van der Waals surface area (Å²) in [5.74, 6) is -2.23. The summed E-state index contributed by atoms with van der Waals surface area (Å²) in [5.41, 5.74) is 2.80. The monoisotopic (exact) mass is 450 g/mol. The summed E-state index contributed by atoms with van der Waals surface area (Å²) in [6, 6.07) is 9.48. The molecule has 0 aliphatic carbocycles. The predicted octanol–water partition coefficient (Wildman–Crippen LogP) is 2.92. The first-order valence-electron chi connectivity index (χ1n) is 10.5. The standard InChI is InChI=1S/C24H23FN4O4/c1-15-3-4-16(2)29(15)21-12-17(5-6-20(21)24(32)33)22(30)27-7-9-28(10-8-27)23(31)18-11-19(25)14-26-13-18/h3-6,11-14H,7-10H2,1-2H3,(H,32,33). The zero-order valence-electron chi connectivity index (χ0n) is 18.3. The molecule has 3 aromatic rings. The van der Waals surface area contributed by atoms with Crippen molar-refractivity contribution in [1.82, 2.24) is 19.4 Å². The van der Waals surface area contributed by atoms with Crippen LogP contribution in [0.3, 0.4) is 0 Å². The van der Waals surface area contributed by atoms with Gasteiger partial charge in [-0.1, -0.05) is 0 Å². The molecule has 9 heteroatoms. The quantitative estimate of drug-likeness (QED) is 0.660. The minimum atomic E-state index is -1.07. The van der Waals surface area contributed by atoms with Crippen molar-refractivity contribution in [3.05, 3.63) is 82.7 Å². The second-order valence-corrected chi connectivity index (χ2v) is 7.96. The van der Waals surface area contributed by atoms with Crippen molar-refractivity contribution in [3.8, 4) is 5.69 Å². The van der Waals surface area contributed by atoms with Gasteiger partial charge in [-0.25, -0.2) is 9.18 Å². The molecule has 0 unspecified atom stereocenters. The summed E-state index contributed by atoms with van der Waals surface area (Å²) in [5, 5.41) is 9.64. The van der Waals surface area contributed by atoms with E-state index in [1.165, 1.54) is 18.3 Å².